The zero-order valence-electron chi connectivity index (χ0n) is 9.37. The van der Waals surface area contributed by atoms with Gasteiger partial charge in [0.2, 0.25) is 5.82 Å². The van der Waals surface area contributed by atoms with Crippen LogP contribution in [0.25, 0.3) is 0 Å². The van der Waals surface area contributed by atoms with Crippen LogP contribution in [0, 0.1) is 19.7 Å². The maximum atomic E-state index is 13.6. The highest BCUT2D eigenvalue weighted by Gasteiger charge is 2.12. The van der Waals surface area contributed by atoms with E-state index in [0.717, 1.165) is 5.56 Å². The molecule has 0 N–H and O–H groups in total. The van der Waals surface area contributed by atoms with Crippen molar-refractivity contribution in [3.63, 3.8) is 0 Å². The van der Waals surface area contributed by atoms with Gasteiger partial charge in [0, 0.05) is 10.6 Å². The first-order valence-electron chi connectivity index (χ1n) is 4.99. The van der Waals surface area contributed by atoms with Crippen molar-refractivity contribution in [1.82, 2.24) is 9.97 Å². The van der Waals surface area contributed by atoms with Gasteiger partial charge in [-0.25, -0.2) is 4.98 Å². The standard InChI is InChI=1S/C12H10ClFN2O/c1-7-9(13)4-3-5-10(7)17-12-11(14)8(2)15-6-16-12/h3-6H,1-2H3. The molecule has 0 unspecified atom stereocenters. The summed E-state index contributed by atoms with van der Waals surface area (Å²) in [5.74, 6) is -0.177. The molecule has 1 aromatic carbocycles. The Hall–Kier alpha value is -1.68. The molecule has 0 saturated carbocycles. The lowest BCUT2D eigenvalue weighted by molar-refractivity contribution is 0.414. The monoisotopic (exact) mass is 252 g/mol. The third-order valence-electron chi connectivity index (χ3n) is 2.36. The minimum absolute atomic E-state index is 0.0946. The van der Waals surface area contributed by atoms with E-state index in [2.05, 4.69) is 9.97 Å². The molecule has 88 valence electrons. The van der Waals surface area contributed by atoms with E-state index in [9.17, 15) is 4.39 Å². The van der Waals surface area contributed by atoms with E-state index in [0.29, 0.717) is 10.8 Å². The molecule has 0 atom stereocenters. The molecule has 3 nitrogen and oxygen atoms in total. The predicted molar refractivity (Wildman–Crippen MR) is 63.0 cm³/mol. The second-order valence-electron chi connectivity index (χ2n) is 3.54. The Morgan fingerprint density at radius 3 is 2.76 bits per heavy atom. The Morgan fingerprint density at radius 1 is 1.24 bits per heavy atom. The molecule has 0 spiro atoms. The van der Waals surface area contributed by atoms with Crippen LogP contribution in [-0.2, 0) is 0 Å². The van der Waals surface area contributed by atoms with Gasteiger partial charge in [-0.05, 0) is 26.0 Å². The highest BCUT2D eigenvalue weighted by molar-refractivity contribution is 6.31. The maximum absolute atomic E-state index is 13.6. The molecular formula is C12H10ClFN2O. The minimum Gasteiger partial charge on any atom is -0.436 e. The summed E-state index contributed by atoms with van der Waals surface area (Å²) in [5, 5.41) is 0.564. The number of benzene rings is 1. The summed E-state index contributed by atoms with van der Waals surface area (Å²) < 4.78 is 19.0. The van der Waals surface area contributed by atoms with Gasteiger partial charge >= 0.3 is 0 Å². The van der Waals surface area contributed by atoms with Crippen LogP contribution in [0.2, 0.25) is 5.02 Å². The molecule has 0 aliphatic heterocycles. The molecule has 0 saturated heterocycles. The average Bonchev–Trinajstić information content (AvgIpc) is 2.31. The van der Waals surface area contributed by atoms with Gasteiger partial charge < -0.3 is 4.74 Å². The van der Waals surface area contributed by atoms with E-state index in [1.807, 2.05) is 0 Å². The molecule has 1 heterocycles. The second-order valence-corrected chi connectivity index (χ2v) is 3.95. The van der Waals surface area contributed by atoms with Crippen molar-refractivity contribution in [3.05, 3.63) is 46.6 Å². The molecule has 0 aliphatic carbocycles. The van der Waals surface area contributed by atoms with Crippen LogP contribution >= 0.6 is 11.6 Å². The molecule has 5 heteroatoms. The van der Waals surface area contributed by atoms with Gasteiger partial charge in [-0.1, -0.05) is 17.7 Å². The fraction of sp³-hybridized carbons (Fsp3) is 0.167. The van der Waals surface area contributed by atoms with Gasteiger partial charge in [0.25, 0.3) is 5.88 Å². The minimum atomic E-state index is -0.563. The topological polar surface area (TPSA) is 35.0 Å². The normalized spacial score (nSPS) is 10.4. The van der Waals surface area contributed by atoms with E-state index in [1.165, 1.54) is 6.33 Å². The third-order valence-corrected chi connectivity index (χ3v) is 2.77. The number of rotatable bonds is 2. The summed E-state index contributed by atoms with van der Waals surface area (Å²) >= 11 is 5.94. The van der Waals surface area contributed by atoms with Crippen LogP contribution in [0.5, 0.6) is 11.6 Å². The van der Waals surface area contributed by atoms with Crippen molar-refractivity contribution in [2.75, 3.05) is 0 Å². The van der Waals surface area contributed by atoms with Crippen molar-refractivity contribution in [2.45, 2.75) is 13.8 Å². The smallest absolute Gasteiger partial charge is 0.259 e. The lowest BCUT2D eigenvalue weighted by atomic mass is 10.2. The maximum Gasteiger partial charge on any atom is 0.259 e. The Kier molecular flexibility index (Phi) is 3.24. The highest BCUT2D eigenvalue weighted by atomic mass is 35.5. The molecule has 1 aromatic heterocycles. The van der Waals surface area contributed by atoms with Crippen LogP contribution in [0.1, 0.15) is 11.3 Å². The number of aromatic nitrogens is 2. The van der Waals surface area contributed by atoms with Crippen molar-refractivity contribution in [3.8, 4) is 11.6 Å². The summed E-state index contributed by atoms with van der Waals surface area (Å²) in [7, 11) is 0. The van der Waals surface area contributed by atoms with Gasteiger partial charge in [0.05, 0.1) is 5.69 Å². The third kappa shape index (κ3) is 2.36. The van der Waals surface area contributed by atoms with Gasteiger partial charge in [-0.15, -0.1) is 0 Å². The van der Waals surface area contributed by atoms with Crippen molar-refractivity contribution < 1.29 is 9.13 Å². The molecule has 0 radical (unpaired) electrons. The lowest BCUT2D eigenvalue weighted by Crippen LogP contribution is -1.97. The fourth-order valence-corrected chi connectivity index (χ4v) is 1.48. The van der Waals surface area contributed by atoms with Gasteiger partial charge in [-0.2, -0.15) is 9.37 Å². The summed E-state index contributed by atoms with van der Waals surface area (Å²) in [4.78, 5) is 7.48. The number of aryl methyl sites for hydroxylation is 1. The summed E-state index contributed by atoms with van der Waals surface area (Å²) in [5.41, 5.74) is 0.986. The molecule has 0 amide bonds. The van der Waals surface area contributed by atoms with Crippen molar-refractivity contribution >= 4 is 11.6 Å². The van der Waals surface area contributed by atoms with E-state index in [-0.39, 0.29) is 11.6 Å². The molecule has 17 heavy (non-hydrogen) atoms. The van der Waals surface area contributed by atoms with Crippen LogP contribution in [0.3, 0.4) is 0 Å². The van der Waals surface area contributed by atoms with Crippen LogP contribution in [0.4, 0.5) is 4.39 Å². The zero-order chi connectivity index (χ0) is 12.4. The van der Waals surface area contributed by atoms with Gasteiger partial charge in [0.15, 0.2) is 0 Å². The number of hydrogen-bond acceptors (Lipinski definition) is 3. The number of hydrogen-bond donors (Lipinski definition) is 0. The van der Waals surface area contributed by atoms with Crippen molar-refractivity contribution in [1.29, 1.82) is 0 Å². The molecule has 0 aliphatic rings. The Balaban J connectivity index is 2.38. The van der Waals surface area contributed by atoms with E-state index < -0.39 is 5.82 Å². The number of halogens is 2. The second kappa shape index (κ2) is 4.67. The Morgan fingerprint density at radius 2 is 2.00 bits per heavy atom. The highest BCUT2D eigenvalue weighted by Crippen LogP contribution is 2.29. The lowest BCUT2D eigenvalue weighted by Gasteiger charge is -2.09. The van der Waals surface area contributed by atoms with Crippen LogP contribution < -0.4 is 4.74 Å². The molecule has 2 aromatic rings. The summed E-state index contributed by atoms with van der Waals surface area (Å²) in [6, 6.07) is 5.18. The first-order chi connectivity index (χ1) is 8.09. The van der Waals surface area contributed by atoms with E-state index in [4.69, 9.17) is 16.3 Å². The Labute approximate surface area is 103 Å². The van der Waals surface area contributed by atoms with E-state index >= 15 is 0 Å². The fourth-order valence-electron chi connectivity index (χ4n) is 1.31. The summed E-state index contributed by atoms with van der Waals surface area (Å²) in [6.45, 7) is 3.35. The van der Waals surface area contributed by atoms with E-state index in [1.54, 1.807) is 32.0 Å². The van der Waals surface area contributed by atoms with Crippen LogP contribution in [-0.4, -0.2) is 9.97 Å². The Bertz CT molecular complexity index is 511. The molecule has 0 fully saturated rings. The SMILES string of the molecule is Cc1ncnc(Oc2cccc(Cl)c2C)c1F. The quantitative estimate of drug-likeness (QED) is 0.818. The summed E-state index contributed by atoms with van der Waals surface area (Å²) in [6.07, 6.45) is 1.26. The number of nitrogens with zero attached hydrogens (tertiary/aromatic N) is 2. The molecule has 2 rings (SSSR count). The first-order valence-corrected chi connectivity index (χ1v) is 5.37. The predicted octanol–water partition coefficient (Wildman–Crippen LogP) is 3.68. The van der Waals surface area contributed by atoms with Crippen molar-refractivity contribution in [2.24, 2.45) is 0 Å². The molecular weight excluding hydrogens is 243 g/mol. The first kappa shape index (κ1) is 11.8. The van der Waals surface area contributed by atoms with Crippen LogP contribution in [0.15, 0.2) is 24.5 Å². The zero-order valence-corrected chi connectivity index (χ0v) is 10.1. The average molecular weight is 253 g/mol. The van der Waals surface area contributed by atoms with Gasteiger partial charge in [0.1, 0.15) is 12.1 Å². The number of ether oxygens (including phenoxy) is 1. The largest absolute Gasteiger partial charge is 0.436 e. The van der Waals surface area contributed by atoms with Gasteiger partial charge in [-0.3, -0.25) is 0 Å². The molecule has 0 bridgehead atoms.